The first-order valence-electron chi connectivity index (χ1n) is 4.71. The summed E-state index contributed by atoms with van der Waals surface area (Å²) in [5, 5.41) is 11.3. The molecule has 1 N–H and O–H groups in total. The number of rotatable bonds is 7. The molecule has 6 heteroatoms. The summed E-state index contributed by atoms with van der Waals surface area (Å²) in [5.41, 5.74) is 0. The minimum Gasteiger partial charge on any atom is -0.381 e. The van der Waals surface area contributed by atoms with Gasteiger partial charge < -0.3 is 10.1 Å². The third-order valence-corrected chi connectivity index (χ3v) is 1.80. The fourth-order valence-corrected chi connectivity index (χ4v) is 0.951. The molecule has 3 nitrogen and oxygen atoms in total. The standard InChI is InChI=1S/C9H15F3N2O/c1-14-8(7-13)3-6-15-5-2-4-9(10,11)12/h8,14H,2-6H2,1H3. The molecule has 0 radical (unpaired) electrons. The van der Waals surface area contributed by atoms with Gasteiger partial charge in [-0.1, -0.05) is 0 Å². The zero-order valence-electron chi connectivity index (χ0n) is 8.60. The van der Waals surface area contributed by atoms with Gasteiger partial charge in [-0.05, 0) is 19.9 Å². The first kappa shape index (κ1) is 14.2. The summed E-state index contributed by atoms with van der Waals surface area (Å²) in [6.07, 6.45) is -4.47. The van der Waals surface area contributed by atoms with E-state index in [9.17, 15) is 13.2 Å². The Bertz CT molecular complexity index is 201. The smallest absolute Gasteiger partial charge is 0.381 e. The van der Waals surface area contributed by atoms with Crippen LogP contribution in [0.1, 0.15) is 19.3 Å². The molecule has 15 heavy (non-hydrogen) atoms. The lowest BCUT2D eigenvalue weighted by molar-refractivity contribution is -0.137. The number of hydrogen-bond donors (Lipinski definition) is 1. The maximum absolute atomic E-state index is 11.7. The summed E-state index contributed by atoms with van der Waals surface area (Å²) >= 11 is 0. The van der Waals surface area contributed by atoms with Crippen molar-refractivity contribution in [2.24, 2.45) is 0 Å². The van der Waals surface area contributed by atoms with Crippen LogP contribution in [0.25, 0.3) is 0 Å². The number of nitrogens with one attached hydrogen (secondary N) is 1. The molecule has 0 aliphatic rings. The number of hydrogen-bond acceptors (Lipinski definition) is 3. The van der Waals surface area contributed by atoms with E-state index in [1.165, 1.54) is 0 Å². The zero-order valence-corrected chi connectivity index (χ0v) is 8.60. The molecule has 0 aromatic heterocycles. The van der Waals surface area contributed by atoms with Gasteiger partial charge >= 0.3 is 6.18 Å². The Kier molecular flexibility index (Phi) is 7.09. The molecule has 0 spiro atoms. The number of alkyl halides is 3. The second kappa shape index (κ2) is 7.49. The van der Waals surface area contributed by atoms with Crippen LogP contribution in [0.3, 0.4) is 0 Å². The van der Waals surface area contributed by atoms with E-state index >= 15 is 0 Å². The molecular formula is C9H15F3N2O. The molecule has 0 bridgehead atoms. The Morgan fingerprint density at radius 3 is 2.53 bits per heavy atom. The number of halogens is 3. The van der Waals surface area contributed by atoms with E-state index in [4.69, 9.17) is 10.00 Å². The SMILES string of the molecule is CNC(C#N)CCOCCCC(F)(F)F. The van der Waals surface area contributed by atoms with Crippen LogP contribution in [0.15, 0.2) is 0 Å². The fourth-order valence-electron chi connectivity index (χ4n) is 0.951. The molecule has 88 valence electrons. The van der Waals surface area contributed by atoms with Crippen LogP contribution in [-0.4, -0.2) is 32.5 Å². The molecule has 0 fully saturated rings. The quantitative estimate of drug-likeness (QED) is 0.671. The maximum atomic E-state index is 11.7. The molecule has 1 unspecified atom stereocenters. The van der Waals surface area contributed by atoms with Gasteiger partial charge in [0.1, 0.15) is 0 Å². The molecule has 0 aromatic rings. The van der Waals surface area contributed by atoms with E-state index in [0.29, 0.717) is 13.0 Å². The predicted molar refractivity (Wildman–Crippen MR) is 49.2 cm³/mol. The van der Waals surface area contributed by atoms with Gasteiger partial charge in [0.05, 0.1) is 12.1 Å². The summed E-state index contributed by atoms with van der Waals surface area (Å²) < 4.78 is 40.1. The van der Waals surface area contributed by atoms with E-state index in [1.807, 2.05) is 6.07 Å². The Morgan fingerprint density at radius 2 is 2.07 bits per heavy atom. The van der Waals surface area contributed by atoms with E-state index in [1.54, 1.807) is 7.05 Å². The normalized spacial score (nSPS) is 13.5. The lowest BCUT2D eigenvalue weighted by atomic mass is 10.2. The van der Waals surface area contributed by atoms with Crippen molar-refractivity contribution in [2.75, 3.05) is 20.3 Å². The van der Waals surface area contributed by atoms with E-state index in [-0.39, 0.29) is 19.1 Å². The fraction of sp³-hybridized carbons (Fsp3) is 0.889. The monoisotopic (exact) mass is 224 g/mol. The van der Waals surface area contributed by atoms with Crippen LogP contribution >= 0.6 is 0 Å². The molecule has 0 aliphatic heterocycles. The number of ether oxygens (including phenoxy) is 1. The molecule has 0 heterocycles. The van der Waals surface area contributed by atoms with Crippen molar-refractivity contribution in [3.63, 3.8) is 0 Å². The second-order valence-electron chi connectivity index (χ2n) is 3.09. The molecule has 0 amide bonds. The summed E-state index contributed by atoms with van der Waals surface area (Å²) in [4.78, 5) is 0. The highest BCUT2D eigenvalue weighted by atomic mass is 19.4. The van der Waals surface area contributed by atoms with Gasteiger partial charge in [0.2, 0.25) is 0 Å². The van der Waals surface area contributed by atoms with Crippen LogP contribution in [0, 0.1) is 11.3 Å². The van der Waals surface area contributed by atoms with Crippen molar-refractivity contribution < 1.29 is 17.9 Å². The van der Waals surface area contributed by atoms with E-state index < -0.39 is 12.6 Å². The Balaban J connectivity index is 3.30. The van der Waals surface area contributed by atoms with Crippen LogP contribution in [0.5, 0.6) is 0 Å². The van der Waals surface area contributed by atoms with Gasteiger partial charge in [0.25, 0.3) is 0 Å². The van der Waals surface area contributed by atoms with Crippen LogP contribution in [-0.2, 0) is 4.74 Å². The van der Waals surface area contributed by atoms with E-state index in [2.05, 4.69) is 5.32 Å². The summed E-state index contributed by atoms with van der Waals surface area (Å²) in [6, 6.07) is 1.70. The molecule has 0 saturated carbocycles. The van der Waals surface area contributed by atoms with Crippen molar-refractivity contribution in [3.05, 3.63) is 0 Å². The lowest BCUT2D eigenvalue weighted by Gasteiger charge is -2.09. The molecule has 1 atom stereocenters. The highest BCUT2D eigenvalue weighted by Crippen LogP contribution is 2.20. The van der Waals surface area contributed by atoms with Gasteiger partial charge in [0.15, 0.2) is 0 Å². The summed E-state index contributed by atoms with van der Waals surface area (Å²) in [5.74, 6) is 0. The largest absolute Gasteiger partial charge is 0.389 e. The van der Waals surface area contributed by atoms with Gasteiger partial charge in [-0.25, -0.2) is 0 Å². The highest BCUT2D eigenvalue weighted by molar-refractivity contribution is 4.87. The molecule has 0 saturated heterocycles. The number of nitrogens with zero attached hydrogens (tertiary/aromatic N) is 1. The van der Waals surface area contributed by atoms with Crippen molar-refractivity contribution in [2.45, 2.75) is 31.5 Å². The summed E-state index contributed by atoms with van der Waals surface area (Å²) in [7, 11) is 1.65. The average Bonchev–Trinajstić information content (AvgIpc) is 2.15. The zero-order chi connectivity index (χ0) is 11.7. The van der Waals surface area contributed by atoms with Crippen molar-refractivity contribution in [1.29, 1.82) is 5.26 Å². The summed E-state index contributed by atoms with van der Waals surface area (Å²) in [6.45, 7) is 0.387. The average molecular weight is 224 g/mol. The van der Waals surface area contributed by atoms with Crippen molar-refractivity contribution in [1.82, 2.24) is 5.32 Å². The van der Waals surface area contributed by atoms with Gasteiger partial charge in [-0.3, -0.25) is 0 Å². The second-order valence-corrected chi connectivity index (χ2v) is 3.09. The third kappa shape index (κ3) is 9.50. The topological polar surface area (TPSA) is 45.0 Å². The van der Waals surface area contributed by atoms with Gasteiger partial charge in [-0.2, -0.15) is 18.4 Å². The third-order valence-electron chi connectivity index (χ3n) is 1.80. The Morgan fingerprint density at radius 1 is 1.40 bits per heavy atom. The van der Waals surface area contributed by atoms with Crippen LogP contribution < -0.4 is 5.32 Å². The molecule has 0 rings (SSSR count). The lowest BCUT2D eigenvalue weighted by Crippen LogP contribution is -2.24. The van der Waals surface area contributed by atoms with Crippen molar-refractivity contribution in [3.8, 4) is 6.07 Å². The van der Waals surface area contributed by atoms with Gasteiger partial charge in [-0.15, -0.1) is 0 Å². The first-order chi connectivity index (χ1) is 6.99. The van der Waals surface area contributed by atoms with Crippen LogP contribution in [0.2, 0.25) is 0 Å². The Labute approximate surface area is 87.2 Å². The van der Waals surface area contributed by atoms with Crippen molar-refractivity contribution >= 4 is 0 Å². The maximum Gasteiger partial charge on any atom is 0.389 e. The molecule has 0 aliphatic carbocycles. The Hall–Kier alpha value is -0.800. The van der Waals surface area contributed by atoms with Gasteiger partial charge in [0, 0.05) is 19.6 Å². The molecular weight excluding hydrogens is 209 g/mol. The predicted octanol–water partition coefficient (Wildman–Crippen LogP) is 1.85. The first-order valence-corrected chi connectivity index (χ1v) is 4.71. The van der Waals surface area contributed by atoms with E-state index in [0.717, 1.165) is 0 Å². The highest BCUT2D eigenvalue weighted by Gasteiger charge is 2.25. The molecule has 0 aromatic carbocycles. The van der Waals surface area contributed by atoms with Crippen LogP contribution in [0.4, 0.5) is 13.2 Å². The number of nitriles is 1. The minimum absolute atomic E-state index is 0.0275. The minimum atomic E-state index is -4.11.